The Bertz CT molecular complexity index is 961. The van der Waals surface area contributed by atoms with Gasteiger partial charge in [-0.25, -0.2) is 4.79 Å². The maximum absolute atomic E-state index is 11.0. The molecule has 2 heterocycles. The van der Waals surface area contributed by atoms with E-state index in [1.165, 1.54) is 10.5 Å². The SMILES string of the molecule is Cc1ccc2ncc(-c3ccc(OC4CCN(C(=O)O)CC4)cc3)cc2c1. The zero-order valence-corrected chi connectivity index (χ0v) is 15.3. The van der Waals surface area contributed by atoms with Crippen LogP contribution in [0.15, 0.2) is 54.7 Å². The summed E-state index contributed by atoms with van der Waals surface area (Å²) in [7, 11) is 0. The number of hydrogen-bond acceptors (Lipinski definition) is 3. The number of nitrogens with zero attached hydrogens (tertiary/aromatic N) is 2. The van der Waals surface area contributed by atoms with Crippen molar-refractivity contribution < 1.29 is 14.6 Å². The summed E-state index contributed by atoms with van der Waals surface area (Å²) in [6, 6.07) is 16.4. The van der Waals surface area contributed by atoms with Crippen LogP contribution >= 0.6 is 0 Å². The Morgan fingerprint density at radius 1 is 1.07 bits per heavy atom. The summed E-state index contributed by atoms with van der Waals surface area (Å²) in [5.74, 6) is 0.817. The van der Waals surface area contributed by atoms with E-state index in [1.807, 2.05) is 36.5 Å². The van der Waals surface area contributed by atoms with Crippen molar-refractivity contribution in [3.8, 4) is 16.9 Å². The number of carbonyl (C=O) groups is 1. The summed E-state index contributed by atoms with van der Waals surface area (Å²) in [4.78, 5) is 17.0. The van der Waals surface area contributed by atoms with Gasteiger partial charge >= 0.3 is 6.09 Å². The molecule has 2 aromatic carbocycles. The molecule has 1 N–H and O–H groups in total. The lowest BCUT2D eigenvalue weighted by Crippen LogP contribution is -2.41. The molecule has 0 atom stereocenters. The van der Waals surface area contributed by atoms with Gasteiger partial charge < -0.3 is 14.7 Å². The van der Waals surface area contributed by atoms with Gasteiger partial charge in [0.05, 0.1) is 5.52 Å². The van der Waals surface area contributed by atoms with Crippen molar-refractivity contribution in [2.45, 2.75) is 25.9 Å². The lowest BCUT2D eigenvalue weighted by atomic mass is 10.0. The van der Waals surface area contributed by atoms with Crippen LogP contribution in [0.3, 0.4) is 0 Å². The first kappa shape index (κ1) is 17.3. The molecule has 1 aliphatic rings. The molecule has 1 saturated heterocycles. The zero-order chi connectivity index (χ0) is 18.8. The van der Waals surface area contributed by atoms with Crippen LogP contribution < -0.4 is 4.74 Å². The molecule has 5 nitrogen and oxygen atoms in total. The van der Waals surface area contributed by atoms with Gasteiger partial charge in [-0.3, -0.25) is 4.98 Å². The van der Waals surface area contributed by atoms with Crippen LogP contribution in [0.2, 0.25) is 0 Å². The number of piperidine rings is 1. The van der Waals surface area contributed by atoms with Crippen molar-refractivity contribution >= 4 is 17.0 Å². The molecule has 4 rings (SSSR count). The highest BCUT2D eigenvalue weighted by atomic mass is 16.5. The Hall–Kier alpha value is -3.08. The third-order valence-corrected chi connectivity index (χ3v) is 5.04. The third-order valence-electron chi connectivity index (χ3n) is 5.04. The fourth-order valence-electron chi connectivity index (χ4n) is 3.49. The van der Waals surface area contributed by atoms with Crippen LogP contribution in [0.1, 0.15) is 18.4 Å². The Balaban J connectivity index is 1.45. The van der Waals surface area contributed by atoms with Crippen molar-refractivity contribution in [2.75, 3.05) is 13.1 Å². The summed E-state index contributed by atoms with van der Waals surface area (Å²) in [5, 5.41) is 10.2. The molecule has 3 aromatic rings. The fraction of sp³-hybridized carbons (Fsp3) is 0.273. The maximum atomic E-state index is 11.0. The van der Waals surface area contributed by atoms with Crippen molar-refractivity contribution in [3.63, 3.8) is 0 Å². The van der Waals surface area contributed by atoms with E-state index in [2.05, 4.69) is 30.1 Å². The van der Waals surface area contributed by atoms with Gasteiger partial charge in [0.25, 0.3) is 0 Å². The highest BCUT2D eigenvalue weighted by Crippen LogP contribution is 2.26. The lowest BCUT2D eigenvalue weighted by molar-refractivity contribution is 0.0895. The van der Waals surface area contributed by atoms with E-state index in [0.717, 1.165) is 40.6 Å². The fourth-order valence-corrected chi connectivity index (χ4v) is 3.49. The Labute approximate surface area is 158 Å². The first-order valence-corrected chi connectivity index (χ1v) is 9.20. The minimum atomic E-state index is -0.850. The van der Waals surface area contributed by atoms with Gasteiger partial charge in [0.15, 0.2) is 0 Å². The van der Waals surface area contributed by atoms with E-state index in [4.69, 9.17) is 9.84 Å². The highest BCUT2D eigenvalue weighted by Gasteiger charge is 2.23. The monoisotopic (exact) mass is 362 g/mol. The number of rotatable bonds is 3. The molecule has 0 bridgehead atoms. The minimum Gasteiger partial charge on any atom is -0.490 e. The molecule has 0 unspecified atom stereocenters. The van der Waals surface area contributed by atoms with Gasteiger partial charge in [0, 0.05) is 43.1 Å². The second-order valence-electron chi connectivity index (χ2n) is 7.03. The second kappa shape index (κ2) is 7.27. The Morgan fingerprint density at radius 3 is 2.52 bits per heavy atom. The molecule has 0 saturated carbocycles. The number of benzene rings is 2. The molecule has 138 valence electrons. The van der Waals surface area contributed by atoms with Crippen molar-refractivity contribution in [2.24, 2.45) is 0 Å². The molecule has 0 spiro atoms. The molecule has 1 amide bonds. The summed E-state index contributed by atoms with van der Waals surface area (Å²) < 4.78 is 6.02. The van der Waals surface area contributed by atoms with E-state index in [9.17, 15) is 4.79 Å². The first-order valence-electron chi connectivity index (χ1n) is 9.20. The number of likely N-dealkylation sites (tertiary alicyclic amines) is 1. The van der Waals surface area contributed by atoms with Crippen LogP contribution in [0.25, 0.3) is 22.0 Å². The Kier molecular flexibility index (Phi) is 4.67. The zero-order valence-electron chi connectivity index (χ0n) is 15.3. The maximum Gasteiger partial charge on any atom is 0.407 e. The van der Waals surface area contributed by atoms with Gasteiger partial charge in [-0.2, -0.15) is 0 Å². The largest absolute Gasteiger partial charge is 0.490 e. The van der Waals surface area contributed by atoms with Crippen LogP contribution in [0.4, 0.5) is 4.79 Å². The highest BCUT2D eigenvalue weighted by molar-refractivity contribution is 5.84. The van der Waals surface area contributed by atoms with Gasteiger partial charge in [0.1, 0.15) is 11.9 Å². The molecule has 1 aliphatic heterocycles. The topological polar surface area (TPSA) is 62.7 Å². The molecule has 1 fully saturated rings. The van der Waals surface area contributed by atoms with Gasteiger partial charge in [-0.05, 0) is 42.8 Å². The average molecular weight is 362 g/mol. The van der Waals surface area contributed by atoms with Gasteiger partial charge in [-0.1, -0.05) is 23.8 Å². The number of amides is 1. The molecule has 0 aliphatic carbocycles. The minimum absolute atomic E-state index is 0.0664. The molecule has 1 aromatic heterocycles. The van der Waals surface area contributed by atoms with Gasteiger partial charge in [0.2, 0.25) is 0 Å². The van der Waals surface area contributed by atoms with E-state index in [0.29, 0.717) is 13.1 Å². The van der Waals surface area contributed by atoms with Crippen LogP contribution in [-0.2, 0) is 0 Å². The number of ether oxygens (including phenoxy) is 1. The normalized spacial score (nSPS) is 15.1. The van der Waals surface area contributed by atoms with E-state index < -0.39 is 6.09 Å². The molecular weight excluding hydrogens is 340 g/mol. The van der Waals surface area contributed by atoms with Crippen molar-refractivity contribution in [1.82, 2.24) is 9.88 Å². The predicted octanol–water partition coefficient (Wildman–Crippen LogP) is 4.73. The number of aryl methyl sites for hydroxylation is 1. The smallest absolute Gasteiger partial charge is 0.407 e. The van der Waals surface area contributed by atoms with Crippen LogP contribution in [0, 0.1) is 6.92 Å². The van der Waals surface area contributed by atoms with Crippen LogP contribution in [0.5, 0.6) is 5.75 Å². The standard InChI is InChI=1S/C22H22N2O3/c1-15-2-7-21-17(12-15)13-18(14-23-21)16-3-5-19(6-4-16)27-20-8-10-24(11-9-20)22(25)26/h2-7,12-14,20H,8-11H2,1H3,(H,25,26). The predicted molar refractivity (Wildman–Crippen MR) is 105 cm³/mol. The van der Waals surface area contributed by atoms with Crippen molar-refractivity contribution in [1.29, 1.82) is 0 Å². The lowest BCUT2D eigenvalue weighted by Gasteiger charge is -2.30. The first-order chi connectivity index (χ1) is 13.1. The number of aromatic nitrogens is 1. The number of pyridine rings is 1. The van der Waals surface area contributed by atoms with Crippen molar-refractivity contribution in [3.05, 3.63) is 60.3 Å². The number of fused-ring (bicyclic) bond motifs is 1. The van der Waals surface area contributed by atoms with E-state index >= 15 is 0 Å². The molecule has 0 radical (unpaired) electrons. The molecule has 5 heteroatoms. The summed E-state index contributed by atoms with van der Waals surface area (Å²) in [6.07, 6.45) is 2.56. The van der Waals surface area contributed by atoms with Crippen LogP contribution in [-0.4, -0.2) is 40.3 Å². The summed E-state index contributed by atoms with van der Waals surface area (Å²) >= 11 is 0. The number of hydrogen-bond donors (Lipinski definition) is 1. The second-order valence-corrected chi connectivity index (χ2v) is 7.03. The number of carboxylic acid groups (broad SMARTS) is 1. The molecular formula is C22H22N2O3. The summed E-state index contributed by atoms with van der Waals surface area (Å²) in [5.41, 5.74) is 4.39. The summed E-state index contributed by atoms with van der Waals surface area (Å²) in [6.45, 7) is 3.14. The van der Waals surface area contributed by atoms with E-state index in [-0.39, 0.29) is 6.10 Å². The molecule has 27 heavy (non-hydrogen) atoms. The van der Waals surface area contributed by atoms with Gasteiger partial charge in [-0.15, -0.1) is 0 Å². The Morgan fingerprint density at radius 2 is 1.81 bits per heavy atom. The third kappa shape index (κ3) is 3.87. The van der Waals surface area contributed by atoms with E-state index in [1.54, 1.807) is 0 Å². The average Bonchev–Trinajstić information content (AvgIpc) is 2.68. The quantitative estimate of drug-likeness (QED) is 0.731.